The lowest BCUT2D eigenvalue weighted by molar-refractivity contribution is -0.137. The Morgan fingerprint density at radius 1 is 1.30 bits per heavy atom. The van der Waals surface area contributed by atoms with E-state index in [-0.39, 0.29) is 5.92 Å². The number of guanidine groups is 1. The minimum atomic E-state index is -4.28. The molecule has 0 spiro atoms. The minimum absolute atomic E-state index is 0.119. The molecule has 1 aromatic carbocycles. The molecule has 0 amide bonds. The van der Waals surface area contributed by atoms with Gasteiger partial charge in [0.25, 0.3) is 0 Å². The first-order valence-electron chi connectivity index (χ1n) is 6.54. The molecule has 3 nitrogen and oxygen atoms in total. The third-order valence-electron chi connectivity index (χ3n) is 3.43. The van der Waals surface area contributed by atoms with E-state index in [1.165, 1.54) is 12.1 Å². The van der Waals surface area contributed by atoms with Crippen LogP contribution in [0.15, 0.2) is 29.3 Å². The zero-order valence-corrected chi connectivity index (χ0v) is 11.5. The Kier molecular flexibility index (Phi) is 4.20. The van der Waals surface area contributed by atoms with Gasteiger partial charge in [-0.3, -0.25) is 4.99 Å². The molecule has 1 aliphatic rings. The van der Waals surface area contributed by atoms with Crippen LogP contribution in [0.4, 0.5) is 13.2 Å². The van der Waals surface area contributed by atoms with Crippen molar-refractivity contribution >= 4 is 5.96 Å². The number of likely N-dealkylation sites (N-methyl/N-ethyl adjacent to an activating group) is 1. The van der Waals surface area contributed by atoms with Gasteiger partial charge >= 0.3 is 6.18 Å². The quantitative estimate of drug-likeness (QED) is 0.924. The van der Waals surface area contributed by atoms with E-state index in [4.69, 9.17) is 0 Å². The summed E-state index contributed by atoms with van der Waals surface area (Å²) in [6.07, 6.45) is -4.28. The third kappa shape index (κ3) is 3.43. The standard InChI is InChI=1S/C14H18F3N3/c1-10(9-19-13-18-7-8-20(13)2)11-3-5-12(6-4-11)14(15,16)17/h3-6,10H,7-9H2,1-2H3,(H,18,19). The molecule has 0 radical (unpaired) electrons. The number of nitrogens with one attached hydrogen (secondary N) is 1. The molecule has 110 valence electrons. The van der Waals surface area contributed by atoms with Gasteiger partial charge in [0.1, 0.15) is 0 Å². The molecule has 1 aromatic rings. The first-order valence-corrected chi connectivity index (χ1v) is 6.54. The zero-order chi connectivity index (χ0) is 14.8. The molecule has 1 aliphatic heterocycles. The van der Waals surface area contributed by atoms with Crippen LogP contribution in [-0.2, 0) is 6.18 Å². The van der Waals surface area contributed by atoms with Gasteiger partial charge in [0.2, 0.25) is 0 Å². The van der Waals surface area contributed by atoms with Crippen molar-refractivity contribution in [3.8, 4) is 0 Å². The molecule has 1 atom stereocenters. The summed E-state index contributed by atoms with van der Waals surface area (Å²) in [7, 11) is 1.96. The van der Waals surface area contributed by atoms with Crippen molar-refractivity contribution in [3.63, 3.8) is 0 Å². The molecule has 0 aliphatic carbocycles. The maximum absolute atomic E-state index is 12.5. The lowest BCUT2D eigenvalue weighted by atomic mass is 10.00. The number of benzene rings is 1. The van der Waals surface area contributed by atoms with E-state index in [0.29, 0.717) is 6.54 Å². The summed E-state index contributed by atoms with van der Waals surface area (Å²) in [5, 5.41) is 3.23. The molecule has 20 heavy (non-hydrogen) atoms. The molecule has 1 heterocycles. The maximum Gasteiger partial charge on any atom is 0.416 e. The normalized spacial score (nSPS) is 17.1. The smallest absolute Gasteiger partial charge is 0.356 e. The number of rotatable bonds is 3. The van der Waals surface area contributed by atoms with Gasteiger partial charge in [0.05, 0.1) is 12.1 Å². The van der Waals surface area contributed by atoms with Gasteiger partial charge < -0.3 is 10.2 Å². The Morgan fingerprint density at radius 2 is 1.95 bits per heavy atom. The van der Waals surface area contributed by atoms with Crippen molar-refractivity contribution < 1.29 is 13.2 Å². The van der Waals surface area contributed by atoms with E-state index in [2.05, 4.69) is 10.3 Å². The van der Waals surface area contributed by atoms with Crippen LogP contribution in [0.1, 0.15) is 24.0 Å². The van der Waals surface area contributed by atoms with E-state index in [1.807, 2.05) is 18.9 Å². The molecular formula is C14H18F3N3. The summed E-state index contributed by atoms with van der Waals surface area (Å²) in [6, 6.07) is 5.33. The van der Waals surface area contributed by atoms with Crippen LogP contribution in [0.2, 0.25) is 0 Å². The van der Waals surface area contributed by atoms with E-state index < -0.39 is 11.7 Å². The average Bonchev–Trinajstić information content (AvgIpc) is 2.81. The van der Waals surface area contributed by atoms with Gasteiger partial charge in [-0.2, -0.15) is 13.2 Å². The summed E-state index contributed by atoms with van der Waals surface area (Å²) in [5.41, 5.74) is 0.271. The highest BCUT2D eigenvalue weighted by Gasteiger charge is 2.30. The van der Waals surface area contributed by atoms with Crippen LogP contribution in [0.3, 0.4) is 0 Å². The summed E-state index contributed by atoms with van der Waals surface area (Å²) < 4.78 is 37.4. The third-order valence-corrected chi connectivity index (χ3v) is 3.43. The van der Waals surface area contributed by atoms with Crippen molar-refractivity contribution in [2.24, 2.45) is 4.99 Å². The number of halogens is 3. The van der Waals surface area contributed by atoms with Crippen molar-refractivity contribution in [2.75, 3.05) is 26.7 Å². The number of aliphatic imine (C=N–C) groups is 1. The van der Waals surface area contributed by atoms with Gasteiger partial charge in [-0.05, 0) is 23.6 Å². The van der Waals surface area contributed by atoms with Crippen LogP contribution in [0, 0.1) is 0 Å². The largest absolute Gasteiger partial charge is 0.416 e. The van der Waals surface area contributed by atoms with E-state index >= 15 is 0 Å². The lowest BCUT2D eigenvalue weighted by Gasteiger charge is -2.19. The van der Waals surface area contributed by atoms with Crippen molar-refractivity contribution in [2.45, 2.75) is 19.0 Å². The molecule has 6 heteroatoms. The average molecular weight is 285 g/mol. The summed E-state index contributed by atoms with van der Waals surface area (Å²) in [4.78, 5) is 6.34. The molecule has 0 bridgehead atoms. The predicted molar refractivity (Wildman–Crippen MR) is 72.8 cm³/mol. The van der Waals surface area contributed by atoms with Gasteiger partial charge in [0, 0.05) is 20.1 Å². The summed E-state index contributed by atoms with van der Waals surface area (Å²) >= 11 is 0. The molecule has 0 fully saturated rings. The van der Waals surface area contributed by atoms with E-state index in [9.17, 15) is 13.2 Å². The van der Waals surface area contributed by atoms with Gasteiger partial charge in [-0.1, -0.05) is 19.1 Å². The number of nitrogens with zero attached hydrogens (tertiary/aromatic N) is 2. The Hall–Kier alpha value is -1.72. The fourth-order valence-corrected chi connectivity index (χ4v) is 2.09. The predicted octanol–water partition coefficient (Wildman–Crippen LogP) is 2.70. The van der Waals surface area contributed by atoms with Gasteiger partial charge in [-0.25, -0.2) is 0 Å². The van der Waals surface area contributed by atoms with Crippen LogP contribution in [0.25, 0.3) is 0 Å². The Morgan fingerprint density at radius 3 is 2.45 bits per heavy atom. The topological polar surface area (TPSA) is 27.6 Å². The van der Waals surface area contributed by atoms with Crippen LogP contribution < -0.4 is 5.32 Å². The number of hydrogen-bond acceptors (Lipinski definition) is 3. The molecule has 1 N–H and O–H groups in total. The Balaban J connectivity index is 1.94. The highest BCUT2D eigenvalue weighted by molar-refractivity contribution is 5.81. The van der Waals surface area contributed by atoms with Crippen molar-refractivity contribution in [1.82, 2.24) is 10.2 Å². The Bertz CT molecular complexity index is 479. The second-order valence-corrected chi connectivity index (χ2v) is 5.03. The minimum Gasteiger partial charge on any atom is -0.356 e. The number of hydrogen-bond donors (Lipinski definition) is 1. The molecule has 2 rings (SSSR count). The van der Waals surface area contributed by atoms with Crippen molar-refractivity contribution in [3.05, 3.63) is 35.4 Å². The molecule has 0 saturated heterocycles. The van der Waals surface area contributed by atoms with Crippen LogP contribution in [-0.4, -0.2) is 37.5 Å². The first kappa shape index (κ1) is 14.7. The maximum atomic E-state index is 12.5. The van der Waals surface area contributed by atoms with Crippen LogP contribution in [0.5, 0.6) is 0 Å². The second-order valence-electron chi connectivity index (χ2n) is 5.03. The molecular weight excluding hydrogens is 267 g/mol. The van der Waals surface area contributed by atoms with E-state index in [0.717, 1.165) is 36.7 Å². The SMILES string of the molecule is CC(CNC1=NCCN1C)c1ccc(C(F)(F)F)cc1. The Labute approximate surface area is 116 Å². The molecule has 0 saturated carbocycles. The molecule has 0 aromatic heterocycles. The summed E-state index contributed by atoms with van der Waals surface area (Å²) in [5.74, 6) is 0.970. The molecule has 1 unspecified atom stereocenters. The highest BCUT2D eigenvalue weighted by atomic mass is 19.4. The lowest BCUT2D eigenvalue weighted by Crippen LogP contribution is -2.37. The van der Waals surface area contributed by atoms with Crippen LogP contribution >= 0.6 is 0 Å². The van der Waals surface area contributed by atoms with Crippen molar-refractivity contribution in [1.29, 1.82) is 0 Å². The zero-order valence-electron chi connectivity index (χ0n) is 11.5. The highest BCUT2D eigenvalue weighted by Crippen LogP contribution is 2.30. The van der Waals surface area contributed by atoms with Gasteiger partial charge in [-0.15, -0.1) is 0 Å². The number of alkyl halides is 3. The fourth-order valence-electron chi connectivity index (χ4n) is 2.09. The second kappa shape index (κ2) is 5.73. The first-order chi connectivity index (χ1) is 9.38. The fraction of sp³-hybridized carbons (Fsp3) is 0.500. The monoisotopic (exact) mass is 285 g/mol. The van der Waals surface area contributed by atoms with Gasteiger partial charge in [0.15, 0.2) is 5.96 Å². The summed E-state index contributed by atoms with van der Waals surface area (Å²) in [6.45, 7) is 4.31. The van der Waals surface area contributed by atoms with E-state index in [1.54, 1.807) is 0 Å².